The van der Waals surface area contributed by atoms with Gasteiger partial charge in [-0.15, -0.1) is 29.4 Å². The summed E-state index contributed by atoms with van der Waals surface area (Å²) in [6.45, 7) is 13.3. The van der Waals surface area contributed by atoms with E-state index < -0.39 is 7.49 Å². The van der Waals surface area contributed by atoms with Crippen LogP contribution in [0.3, 0.4) is 0 Å². The van der Waals surface area contributed by atoms with E-state index in [0.29, 0.717) is 20.1 Å². The summed E-state index contributed by atoms with van der Waals surface area (Å²) >= 11 is 0. The standard InChI is InChI=1S/C11H19OP.C9H13OP.BrH.ClH/c1-10(2)13(3,4)12-11-8-6-5-7-9-11;1-8(2)11-10-9-6-4-3-5-7-9;;/h5-10,13H,1-4H3;3-8,11H,1-2H3;2*1H. The topological polar surface area (TPSA) is 18.5 Å². The molecule has 0 amide bonds. The van der Waals surface area contributed by atoms with Gasteiger partial charge in [-0.25, -0.2) is 0 Å². The van der Waals surface area contributed by atoms with Gasteiger partial charge in [0.15, 0.2) is 0 Å². The van der Waals surface area contributed by atoms with Gasteiger partial charge in [-0.2, -0.15) is 0 Å². The van der Waals surface area contributed by atoms with E-state index in [1.165, 1.54) is 0 Å². The van der Waals surface area contributed by atoms with E-state index in [2.05, 4.69) is 41.0 Å². The summed E-state index contributed by atoms with van der Waals surface area (Å²) in [4.78, 5) is 0. The molecule has 0 aliphatic rings. The third-order valence-electron chi connectivity index (χ3n) is 3.67. The van der Waals surface area contributed by atoms with E-state index in [0.717, 1.165) is 11.5 Å². The van der Waals surface area contributed by atoms with Crippen molar-refractivity contribution in [2.24, 2.45) is 0 Å². The number of hydrogen-bond donors (Lipinski definition) is 0. The molecule has 2 aromatic carbocycles. The smallest absolute Gasteiger partial charge is 0.147 e. The summed E-state index contributed by atoms with van der Waals surface area (Å²) in [7, 11) is -0.955. The average Bonchev–Trinajstić information content (AvgIpc) is 2.55. The SMILES string of the molecule is Br.CC(C)POc1ccccc1.CC(C)[PH](C)(C)Oc1ccccc1.Cl. The molecule has 2 rings (SSSR count). The molecule has 0 radical (unpaired) electrons. The zero-order chi connectivity index (χ0) is 18.0. The fourth-order valence-electron chi connectivity index (χ4n) is 1.58. The molecule has 2 nitrogen and oxygen atoms in total. The van der Waals surface area contributed by atoms with Gasteiger partial charge in [-0.1, -0.05) is 32.0 Å². The van der Waals surface area contributed by atoms with Gasteiger partial charge in [0.1, 0.15) is 5.75 Å². The Morgan fingerprint density at radius 2 is 1.19 bits per heavy atom. The summed E-state index contributed by atoms with van der Waals surface area (Å²) in [5.41, 5.74) is 1.27. The van der Waals surface area contributed by atoms with Crippen molar-refractivity contribution in [1.82, 2.24) is 0 Å². The van der Waals surface area contributed by atoms with Crippen LogP contribution in [-0.2, 0) is 0 Å². The Kier molecular flexibility index (Phi) is 15.8. The maximum Gasteiger partial charge on any atom is -0.147 e. The molecule has 0 fully saturated rings. The monoisotopic (exact) mass is 482 g/mol. The zero-order valence-corrected chi connectivity index (χ0v) is 21.1. The van der Waals surface area contributed by atoms with E-state index >= 15 is 0 Å². The second kappa shape index (κ2) is 14.7. The van der Waals surface area contributed by atoms with Gasteiger partial charge in [-0.3, -0.25) is 0 Å². The van der Waals surface area contributed by atoms with Gasteiger partial charge < -0.3 is 4.52 Å². The van der Waals surface area contributed by atoms with Gasteiger partial charge in [0.2, 0.25) is 0 Å². The van der Waals surface area contributed by atoms with Crippen LogP contribution in [0, 0.1) is 0 Å². The van der Waals surface area contributed by atoms with Crippen molar-refractivity contribution in [3.05, 3.63) is 60.7 Å². The van der Waals surface area contributed by atoms with Crippen molar-refractivity contribution in [3.8, 4) is 11.5 Å². The first-order valence-corrected chi connectivity index (χ1v) is 12.5. The van der Waals surface area contributed by atoms with Gasteiger partial charge in [0.25, 0.3) is 0 Å². The Bertz CT molecular complexity index is 567. The van der Waals surface area contributed by atoms with Crippen molar-refractivity contribution in [2.45, 2.75) is 39.0 Å². The maximum absolute atomic E-state index is 6.00. The molecular weight excluding hydrogens is 450 g/mol. The van der Waals surface area contributed by atoms with Crippen LogP contribution in [0.25, 0.3) is 0 Å². The summed E-state index contributed by atoms with van der Waals surface area (Å²) in [5.74, 6) is 1.98. The van der Waals surface area contributed by atoms with Crippen LogP contribution < -0.4 is 9.05 Å². The minimum atomic E-state index is -1.52. The van der Waals surface area contributed by atoms with Crippen LogP contribution in [-0.4, -0.2) is 24.6 Å². The second-order valence-electron chi connectivity index (χ2n) is 6.86. The molecule has 0 heterocycles. The molecule has 1 unspecified atom stereocenters. The summed E-state index contributed by atoms with van der Waals surface area (Å²) in [5, 5.41) is 0. The van der Waals surface area contributed by atoms with E-state index in [-0.39, 0.29) is 29.4 Å². The van der Waals surface area contributed by atoms with Crippen molar-refractivity contribution in [2.75, 3.05) is 13.3 Å². The van der Waals surface area contributed by atoms with E-state index in [9.17, 15) is 0 Å². The Morgan fingerprint density at radius 3 is 1.58 bits per heavy atom. The van der Waals surface area contributed by atoms with Crippen LogP contribution in [0.1, 0.15) is 27.7 Å². The molecule has 0 saturated heterocycles. The molecule has 0 spiro atoms. The molecule has 6 heteroatoms. The summed E-state index contributed by atoms with van der Waals surface area (Å²) < 4.78 is 11.5. The van der Waals surface area contributed by atoms with Crippen LogP contribution in [0.4, 0.5) is 0 Å². The Hall–Kier alpha value is -0.330. The first-order valence-electron chi connectivity index (χ1n) is 8.52. The Labute approximate surface area is 178 Å². The van der Waals surface area contributed by atoms with Gasteiger partial charge in [0, 0.05) is 5.66 Å². The molecule has 0 N–H and O–H groups in total. The molecule has 26 heavy (non-hydrogen) atoms. The number of halogens is 2. The van der Waals surface area contributed by atoms with Crippen molar-refractivity contribution >= 4 is 45.7 Å². The van der Waals surface area contributed by atoms with E-state index in [1.54, 1.807) is 0 Å². The molecular formula is C20H34BrClO2P2. The first-order chi connectivity index (χ1) is 11.3. The van der Waals surface area contributed by atoms with Crippen LogP contribution >= 0.6 is 45.7 Å². The molecule has 0 saturated carbocycles. The predicted octanol–water partition coefficient (Wildman–Crippen LogP) is 7.47. The number of para-hydroxylation sites is 2. The van der Waals surface area contributed by atoms with Gasteiger partial charge >= 0.3 is 80.9 Å². The Morgan fingerprint density at radius 1 is 0.769 bits per heavy atom. The fraction of sp³-hybridized carbons (Fsp3) is 0.400. The van der Waals surface area contributed by atoms with E-state index in [1.807, 2.05) is 60.7 Å². The molecule has 2 aromatic rings. The van der Waals surface area contributed by atoms with E-state index in [4.69, 9.17) is 9.05 Å². The Balaban J connectivity index is 0. The van der Waals surface area contributed by atoms with Gasteiger partial charge in [-0.05, 0) is 12.1 Å². The summed E-state index contributed by atoms with van der Waals surface area (Å²) in [6.07, 6.45) is 0. The van der Waals surface area contributed by atoms with Crippen molar-refractivity contribution in [3.63, 3.8) is 0 Å². The van der Waals surface area contributed by atoms with Crippen LogP contribution in [0.15, 0.2) is 60.7 Å². The molecule has 0 aliphatic carbocycles. The fourth-order valence-corrected chi connectivity index (χ4v) is 3.07. The quantitative estimate of drug-likeness (QED) is 0.397. The number of benzene rings is 2. The third kappa shape index (κ3) is 12.1. The molecule has 150 valence electrons. The third-order valence-corrected chi connectivity index (χ3v) is 8.04. The van der Waals surface area contributed by atoms with Gasteiger partial charge in [0.05, 0.1) is 8.81 Å². The average molecular weight is 484 g/mol. The predicted molar refractivity (Wildman–Crippen MR) is 130 cm³/mol. The van der Waals surface area contributed by atoms with Crippen LogP contribution in [0.2, 0.25) is 0 Å². The minimum Gasteiger partial charge on any atom is -0.147 e. The van der Waals surface area contributed by atoms with Crippen LogP contribution in [0.5, 0.6) is 11.5 Å². The zero-order valence-electron chi connectivity index (χ0n) is 16.6. The van der Waals surface area contributed by atoms with Crippen molar-refractivity contribution < 1.29 is 9.05 Å². The number of hydrogen-bond acceptors (Lipinski definition) is 2. The maximum atomic E-state index is 6.00. The molecule has 1 atom stereocenters. The second-order valence-corrected chi connectivity index (χ2v) is 13.0. The molecule has 0 aliphatic heterocycles. The van der Waals surface area contributed by atoms with Crippen molar-refractivity contribution in [1.29, 1.82) is 0 Å². The first kappa shape index (κ1) is 27.9. The molecule has 0 bridgehead atoms. The summed E-state index contributed by atoms with van der Waals surface area (Å²) in [6, 6.07) is 20.0. The largest absolute Gasteiger partial charge is 0.147 e. The normalized spacial score (nSPS) is 11.2. The minimum absolute atomic E-state index is 0. The number of rotatable bonds is 6. The molecule has 0 aromatic heterocycles.